The summed E-state index contributed by atoms with van der Waals surface area (Å²) >= 11 is 0. The lowest BCUT2D eigenvalue weighted by Gasteiger charge is -2.18. The summed E-state index contributed by atoms with van der Waals surface area (Å²) in [7, 11) is 3.21. The highest BCUT2D eigenvalue weighted by Crippen LogP contribution is 2.28. The minimum atomic E-state index is -0.729. The summed E-state index contributed by atoms with van der Waals surface area (Å²) < 4.78 is 19.4. The zero-order valence-electron chi connectivity index (χ0n) is 15.4. The van der Waals surface area contributed by atoms with Crippen molar-refractivity contribution in [1.29, 1.82) is 0 Å². The third kappa shape index (κ3) is 3.51. The van der Waals surface area contributed by atoms with Gasteiger partial charge in [0.1, 0.15) is 11.9 Å². The molecule has 0 unspecified atom stereocenters. The predicted octanol–water partition coefficient (Wildman–Crippen LogP) is 2.54. The number of nitrogens with one attached hydrogen (secondary N) is 1. The molecule has 2 heterocycles. The summed E-state index contributed by atoms with van der Waals surface area (Å²) in [6.07, 6.45) is 0. The van der Waals surface area contributed by atoms with Crippen molar-refractivity contribution in [2.45, 2.75) is 19.9 Å². The lowest BCUT2D eigenvalue weighted by molar-refractivity contribution is -0.130. The number of amides is 2. The van der Waals surface area contributed by atoms with Crippen LogP contribution >= 0.6 is 0 Å². The van der Waals surface area contributed by atoms with Crippen LogP contribution in [-0.4, -0.2) is 47.0 Å². The van der Waals surface area contributed by atoms with Crippen LogP contribution in [-0.2, 0) is 4.79 Å². The van der Waals surface area contributed by atoms with E-state index in [1.165, 1.54) is 17.0 Å². The van der Waals surface area contributed by atoms with E-state index in [0.717, 1.165) is 0 Å². The molecule has 7 nitrogen and oxygen atoms in total. The Morgan fingerprint density at radius 3 is 2.63 bits per heavy atom. The minimum absolute atomic E-state index is 0.130. The van der Waals surface area contributed by atoms with Crippen molar-refractivity contribution >= 4 is 22.9 Å². The van der Waals surface area contributed by atoms with E-state index in [-0.39, 0.29) is 28.4 Å². The first-order chi connectivity index (χ1) is 12.8. The van der Waals surface area contributed by atoms with Crippen molar-refractivity contribution < 1.29 is 18.5 Å². The first-order valence-electron chi connectivity index (χ1n) is 8.33. The molecule has 3 rings (SSSR count). The molecule has 0 fully saturated rings. The van der Waals surface area contributed by atoms with Crippen LogP contribution < -0.4 is 5.32 Å². The third-order valence-corrected chi connectivity index (χ3v) is 4.17. The highest BCUT2D eigenvalue weighted by molar-refractivity contribution is 6.08. The molecule has 0 spiro atoms. The Morgan fingerprint density at radius 2 is 1.96 bits per heavy atom. The molecule has 0 aliphatic rings. The molecule has 0 aliphatic heterocycles. The van der Waals surface area contributed by atoms with Gasteiger partial charge in [-0.15, -0.1) is 0 Å². The Morgan fingerprint density at radius 1 is 1.26 bits per heavy atom. The zero-order chi connectivity index (χ0) is 19.7. The Balaban J connectivity index is 2.08. The Bertz CT molecular complexity index is 1030. The number of benzene rings is 1. The van der Waals surface area contributed by atoms with Crippen LogP contribution in [0.4, 0.5) is 4.39 Å². The molecule has 0 saturated heterocycles. The van der Waals surface area contributed by atoms with Crippen LogP contribution in [0.3, 0.4) is 0 Å². The predicted molar refractivity (Wildman–Crippen MR) is 97.6 cm³/mol. The maximum Gasteiger partial charge on any atom is 0.259 e. The number of nitrogens with zero attached hydrogens (tertiary/aromatic N) is 3. The highest BCUT2D eigenvalue weighted by Gasteiger charge is 2.23. The molecule has 0 saturated carbocycles. The van der Waals surface area contributed by atoms with Crippen molar-refractivity contribution in [2.24, 2.45) is 0 Å². The van der Waals surface area contributed by atoms with Gasteiger partial charge in [0, 0.05) is 19.7 Å². The number of likely N-dealkylation sites (N-methyl/N-ethyl adjacent to an activating group) is 1. The van der Waals surface area contributed by atoms with Crippen LogP contribution in [0.2, 0.25) is 0 Å². The lowest BCUT2D eigenvalue weighted by Crippen LogP contribution is -2.44. The van der Waals surface area contributed by atoms with Gasteiger partial charge in [0.25, 0.3) is 11.6 Å². The van der Waals surface area contributed by atoms with Gasteiger partial charge >= 0.3 is 0 Å². The first-order valence-corrected chi connectivity index (χ1v) is 8.33. The molecule has 2 amide bonds. The summed E-state index contributed by atoms with van der Waals surface area (Å²) in [5.74, 6) is -1.21. The van der Waals surface area contributed by atoms with E-state index < -0.39 is 17.8 Å². The van der Waals surface area contributed by atoms with Gasteiger partial charge in [-0.05, 0) is 32.0 Å². The van der Waals surface area contributed by atoms with E-state index in [1.807, 2.05) is 0 Å². The van der Waals surface area contributed by atoms with E-state index in [2.05, 4.69) is 15.5 Å². The third-order valence-electron chi connectivity index (χ3n) is 4.17. The Kier molecular flexibility index (Phi) is 4.89. The average Bonchev–Trinajstić information content (AvgIpc) is 3.01. The molecule has 0 aliphatic carbocycles. The molecule has 1 atom stereocenters. The summed E-state index contributed by atoms with van der Waals surface area (Å²) in [6.45, 7) is 3.28. The van der Waals surface area contributed by atoms with Gasteiger partial charge in [0.15, 0.2) is 0 Å². The van der Waals surface area contributed by atoms with Crippen LogP contribution in [0.1, 0.15) is 23.0 Å². The van der Waals surface area contributed by atoms with Crippen molar-refractivity contribution in [3.63, 3.8) is 0 Å². The zero-order valence-corrected chi connectivity index (χ0v) is 15.4. The normalized spacial score (nSPS) is 12.0. The Labute approximate surface area is 155 Å². The van der Waals surface area contributed by atoms with Crippen LogP contribution in [0.15, 0.2) is 34.9 Å². The summed E-state index contributed by atoms with van der Waals surface area (Å²) in [5.41, 5.74) is 1.31. The summed E-state index contributed by atoms with van der Waals surface area (Å²) in [5, 5.41) is 6.94. The molecular formula is C19H19FN4O3. The second kappa shape index (κ2) is 7.14. The highest BCUT2D eigenvalue weighted by atomic mass is 19.1. The Hall–Kier alpha value is -3.29. The number of aromatic nitrogens is 2. The van der Waals surface area contributed by atoms with Gasteiger partial charge in [-0.2, -0.15) is 0 Å². The molecule has 0 radical (unpaired) electrons. The fourth-order valence-corrected chi connectivity index (χ4v) is 2.80. The number of rotatable bonds is 4. The van der Waals surface area contributed by atoms with Gasteiger partial charge in [0.2, 0.25) is 5.91 Å². The largest absolute Gasteiger partial charge is 0.347 e. The van der Waals surface area contributed by atoms with E-state index in [0.29, 0.717) is 11.1 Å². The summed E-state index contributed by atoms with van der Waals surface area (Å²) in [4.78, 5) is 30.6. The molecule has 1 aromatic carbocycles. The molecule has 8 heteroatoms. The maximum absolute atomic E-state index is 14.2. The standard InChI is InChI=1S/C19H19FN4O3/c1-10-16-13(17(25)21-11(2)19(26)24(3)4)9-15(22-18(16)27-23-10)12-7-5-6-8-14(12)20/h5-9,11H,1-4H3,(H,21,25)/t11-/m1/s1. The SMILES string of the molecule is Cc1noc2nc(-c3ccccc3F)cc(C(=O)N[C@H](C)C(=O)N(C)C)c12. The number of aryl methyl sites for hydroxylation is 1. The molecule has 140 valence electrons. The number of halogens is 1. The number of fused-ring (bicyclic) bond motifs is 1. The van der Waals surface area contributed by atoms with Gasteiger partial charge in [-0.1, -0.05) is 17.3 Å². The minimum Gasteiger partial charge on any atom is -0.347 e. The molecule has 1 N–H and O–H groups in total. The number of carbonyl (C=O) groups is 2. The van der Waals surface area contributed by atoms with Crippen molar-refractivity contribution in [1.82, 2.24) is 20.4 Å². The molecule has 0 bridgehead atoms. The fourth-order valence-electron chi connectivity index (χ4n) is 2.80. The van der Waals surface area contributed by atoms with E-state index in [4.69, 9.17) is 4.52 Å². The second-order valence-electron chi connectivity index (χ2n) is 6.41. The average molecular weight is 370 g/mol. The van der Waals surface area contributed by atoms with Crippen molar-refractivity contribution in [3.05, 3.63) is 47.4 Å². The van der Waals surface area contributed by atoms with Crippen molar-refractivity contribution in [2.75, 3.05) is 14.1 Å². The van der Waals surface area contributed by atoms with Gasteiger partial charge in [0.05, 0.1) is 22.3 Å². The first kappa shape index (κ1) is 18.5. The van der Waals surface area contributed by atoms with Crippen LogP contribution in [0.5, 0.6) is 0 Å². The number of hydrogen-bond acceptors (Lipinski definition) is 5. The number of carbonyl (C=O) groups excluding carboxylic acids is 2. The number of hydrogen-bond donors (Lipinski definition) is 1. The monoisotopic (exact) mass is 370 g/mol. The van der Waals surface area contributed by atoms with Gasteiger partial charge in [-0.25, -0.2) is 9.37 Å². The maximum atomic E-state index is 14.2. The van der Waals surface area contributed by atoms with E-state index >= 15 is 0 Å². The van der Waals surface area contributed by atoms with Crippen LogP contribution in [0, 0.1) is 12.7 Å². The fraction of sp³-hybridized carbons (Fsp3) is 0.263. The number of pyridine rings is 1. The van der Waals surface area contributed by atoms with Crippen LogP contribution in [0.25, 0.3) is 22.4 Å². The summed E-state index contributed by atoms with van der Waals surface area (Å²) in [6, 6.07) is 6.86. The molecule has 27 heavy (non-hydrogen) atoms. The smallest absolute Gasteiger partial charge is 0.259 e. The quantitative estimate of drug-likeness (QED) is 0.762. The van der Waals surface area contributed by atoms with Gasteiger partial charge < -0.3 is 14.7 Å². The molecule has 3 aromatic rings. The van der Waals surface area contributed by atoms with Gasteiger partial charge in [-0.3, -0.25) is 9.59 Å². The second-order valence-corrected chi connectivity index (χ2v) is 6.41. The van der Waals surface area contributed by atoms with E-state index in [1.54, 1.807) is 46.1 Å². The molecule has 2 aromatic heterocycles. The van der Waals surface area contributed by atoms with Crippen molar-refractivity contribution in [3.8, 4) is 11.3 Å². The topological polar surface area (TPSA) is 88.3 Å². The molecular weight excluding hydrogens is 351 g/mol. The lowest BCUT2D eigenvalue weighted by atomic mass is 10.0. The van der Waals surface area contributed by atoms with E-state index in [9.17, 15) is 14.0 Å².